The van der Waals surface area contributed by atoms with Crippen molar-refractivity contribution < 1.29 is 9.59 Å². The van der Waals surface area contributed by atoms with Crippen LogP contribution in [0.15, 0.2) is 0 Å². The fourth-order valence-corrected chi connectivity index (χ4v) is 2.90. The predicted molar refractivity (Wildman–Crippen MR) is 73.5 cm³/mol. The quantitative estimate of drug-likeness (QED) is 0.819. The van der Waals surface area contributed by atoms with Gasteiger partial charge in [0.2, 0.25) is 11.8 Å². The van der Waals surface area contributed by atoms with Crippen LogP contribution in [-0.4, -0.2) is 53.8 Å². The van der Waals surface area contributed by atoms with Crippen LogP contribution in [0.2, 0.25) is 0 Å². The van der Waals surface area contributed by atoms with Gasteiger partial charge in [-0.3, -0.25) is 9.59 Å². The first-order valence-electron chi connectivity index (χ1n) is 7.48. The molecule has 1 atom stereocenters. The summed E-state index contributed by atoms with van der Waals surface area (Å²) in [6.45, 7) is 2.88. The van der Waals surface area contributed by atoms with Crippen molar-refractivity contribution in [3.05, 3.63) is 0 Å². The highest BCUT2D eigenvalue weighted by molar-refractivity contribution is 5.79. The fourth-order valence-electron chi connectivity index (χ4n) is 2.90. The fraction of sp³-hybridized carbons (Fsp3) is 0.857. The van der Waals surface area contributed by atoms with Crippen molar-refractivity contribution in [2.45, 2.75) is 51.0 Å². The van der Waals surface area contributed by atoms with Crippen LogP contribution in [0, 0.1) is 0 Å². The van der Waals surface area contributed by atoms with E-state index in [0.717, 1.165) is 45.2 Å². The zero-order valence-electron chi connectivity index (χ0n) is 11.6. The van der Waals surface area contributed by atoms with Gasteiger partial charge in [0, 0.05) is 45.1 Å². The van der Waals surface area contributed by atoms with Crippen LogP contribution in [-0.2, 0) is 9.59 Å². The van der Waals surface area contributed by atoms with Crippen molar-refractivity contribution in [3.63, 3.8) is 0 Å². The molecule has 2 amide bonds. The molecule has 0 unspecified atom stereocenters. The van der Waals surface area contributed by atoms with Gasteiger partial charge in [0.05, 0.1) is 0 Å². The molecule has 2 rings (SSSR count). The summed E-state index contributed by atoms with van der Waals surface area (Å²) in [7, 11) is 0. The molecule has 2 saturated heterocycles. The lowest BCUT2D eigenvalue weighted by molar-refractivity contribution is -0.134. The van der Waals surface area contributed by atoms with Gasteiger partial charge in [-0.1, -0.05) is 6.42 Å². The number of carbonyl (C=O) groups excluding carboxylic acids is 2. The van der Waals surface area contributed by atoms with Crippen molar-refractivity contribution in [1.82, 2.24) is 9.80 Å². The van der Waals surface area contributed by atoms with Gasteiger partial charge in [0.25, 0.3) is 0 Å². The molecule has 5 nitrogen and oxygen atoms in total. The molecular formula is C14H25N3O2. The topological polar surface area (TPSA) is 66.6 Å². The minimum atomic E-state index is 0.123. The van der Waals surface area contributed by atoms with Crippen LogP contribution in [0.5, 0.6) is 0 Å². The molecule has 2 N–H and O–H groups in total. The first-order chi connectivity index (χ1) is 9.16. The van der Waals surface area contributed by atoms with Gasteiger partial charge >= 0.3 is 0 Å². The third kappa shape index (κ3) is 4.20. The Morgan fingerprint density at radius 3 is 2.84 bits per heavy atom. The van der Waals surface area contributed by atoms with E-state index in [9.17, 15) is 9.59 Å². The number of likely N-dealkylation sites (tertiary alicyclic amines) is 2. The second kappa shape index (κ2) is 6.89. The maximum absolute atomic E-state index is 12.1. The molecule has 0 bridgehead atoms. The van der Waals surface area contributed by atoms with Gasteiger partial charge in [-0.2, -0.15) is 0 Å². The Kier molecular flexibility index (Phi) is 5.19. The van der Waals surface area contributed by atoms with E-state index in [0.29, 0.717) is 25.9 Å². The first kappa shape index (κ1) is 14.3. The molecule has 0 aromatic rings. The number of piperidine rings is 1. The molecule has 0 spiro atoms. The van der Waals surface area contributed by atoms with Gasteiger partial charge in [0.15, 0.2) is 0 Å². The summed E-state index contributed by atoms with van der Waals surface area (Å²) in [5, 5.41) is 0. The number of hydrogen-bond acceptors (Lipinski definition) is 3. The highest BCUT2D eigenvalue weighted by Gasteiger charge is 2.23. The van der Waals surface area contributed by atoms with Crippen LogP contribution in [0.3, 0.4) is 0 Å². The maximum Gasteiger partial charge on any atom is 0.224 e. The molecule has 2 heterocycles. The summed E-state index contributed by atoms with van der Waals surface area (Å²) in [6.07, 6.45) is 6.27. The summed E-state index contributed by atoms with van der Waals surface area (Å²) in [4.78, 5) is 27.7. The molecule has 19 heavy (non-hydrogen) atoms. The Balaban J connectivity index is 1.77. The highest BCUT2D eigenvalue weighted by atomic mass is 16.2. The number of nitrogens with two attached hydrogens (primary N) is 1. The SMILES string of the molecule is N[C@H]1CCCN(C(=O)CCN2CCCCCC2=O)C1. The minimum Gasteiger partial charge on any atom is -0.342 e. The van der Waals surface area contributed by atoms with Gasteiger partial charge in [-0.05, 0) is 25.7 Å². The predicted octanol–water partition coefficient (Wildman–Crippen LogP) is 0.729. The van der Waals surface area contributed by atoms with Crippen LogP contribution < -0.4 is 5.73 Å². The third-order valence-corrected chi connectivity index (χ3v) is 4.08. The number of carbonyl (C=O) groups is 2. The van der Waals surface area contributed by atoms with Crippen LogP contribution in [0.4, 0.5) is 0 Å². The van der Waals surface area contributed by atoms with E-state index in [-0.39, 0.29) is 17.9 Å². The third-order valence-electron chi connectivity index (χ3n) is 4.08. The standard InChI is InChI=1S/C14H25N3O2/c15-12-5-4-9-17(11-12)14(19)7-10-16-8-3-1-2-6-13(16)18/h12H,1-11,15H2/t12-/m0/s1. The lowest BCUT2D eigenvalue weighted by atomic mass is 10.1. The van der Waals surface area contributed by atoms with E-state index in [1.807, 2.05) is 9.80 Å². The van der Waals surface area contributed by atoms with Gasteiger partial charge in [-0.15, -0.1) is 0 Å². The van der Waals surface area contributed by atoms with E-state index in [1.54, 1.807) is 0 Å². The number of amides is 2. The molecule has 2 fully saturated rings. The molecule has 2 aliphatic rings. The summed E-state index contributed by atoms with van der Waals surface area (Å²) >= 11 is 0. The molecule has 0 aliphatic carbocycles. The molecule has 0 radical (unpaired) electrons. The van der Waals surface area contributed by atoms with E-state index in [2.05, 4.69) is 0 Å². The Labute approximate surface area is 115 Å². The molecule has 0 aromatic carbocycles. The van der Waals surface area contributed by atoms with Crippen LogP contribution in [0.25, 0.3) is 0 Å². The number of rotatable bonds is 3. The molecule has 0 aromatic heterocycles. The Hall–Kier alpha value is -1.10. The van der Waals surface area contributed by atoms with E-state index in [4.69, 9.17) is 5.73 Å². The molecule has 108 valence electrons. The zero-order chi connectivity index (χ0) is 13.7. The molecule has 0 saturated carbocycles. The molecular weight excluding hydrogens is 242 g/mol. The van der Waals surface area contributed by atoms with Gasteiger partial charge < -0.3 is 15.5 Å². The monoisotopic (exact) mass is 267 g/mol. The smallest absolute Gasteiger partial charge is 0.224 e. The lowest BCUT2D eigenvalue weighted by Crippen LogP contribution is -2.46. The Morgan fingerprint density at radius 2 is 2.05 bits per heavy atom. The van der Waals surface area contributed by atoms with Gasteiger partial charge in [0.1, 0.15) is 0 Å². The van der Waals surface area contributed by atoms with E-state index >= 15 is 0 Å². The highest BCUT2D eigenvalue weighted by Crippen LogP contribution is 2.13. The maximum atomic E-state index is 12.1. The van der Waals surface area contributed by atoms with Crippen molar-refractivity contribution >= 4 is 11.8 Å². The minimum absolute atomic E-state index is 0.123. The normalized spacial score (nSPS) is 25.3. The summed E-state index contributed by atoms with van der Waals surface area (Å²) in [5.74, 6) is 0.354. The number of hydrogen-bond donors (Lipinski definition) is 1. The van der Waals surface area contributed by atoms with Crippen molar-refractivity contribution in [2.24, 2.45) is 5.73 Å². The average Bonchev–Trinajstić information content (AvgIpc) is 2.61. The lowest BCUT2D eigenvalue weighted by Gasteiger charge is -2.31. The van der Waals surface area contributed by atoms with E-state index in [1.165, 1.54) is 0 Å². The van der Waals surface area contributed by atoms with Crippen molar-refractivity contribution in [2.75, 3.05) is 26.2 Å². The molecule has 2 aliphatic heterocycles. The summed E-state index contributed by atoms with van der Waals surface area (Å²) in [5.41, 5.74) is 5.89. The first-order valence-corrected chi connectivity index (χ1v) is 7.48. The summed E-state index contributed by atoms with van der Waals surface area (Å²) < 4.78 is 0. The van der Waals surface area contributed by atoms with Gasteiger partial charge in [-0.25, -0.2) is 0 Å². The largest absolute Gasteiger partial charge is 0.342 e. The number of nitrogens with zero attached hydrogens (tertiary/aromatic N) is 2. The summed E-state index contributed by atoms with van der Waals surface area (Å²) in [6, 6.07) is 0.123. The zero-order valence-corrected chi connectivity index (χ0v) is 11.6. The second-order valence-electron chi connectivity index (χ2n) is 5.68. The Bertz CT molecular complexity index is 333. The van der Waals surface area contributed by atoms with E-state index < -0.39 is 0 Å². The Morgan fingerprint density at radius 1 is 1.21 bits per heavy atom. The molecule has 5 heteroatoms. The van der Waals surface area contributed by atoms with Crippen LogP contribution >= 0.6 is 0 Å². The second-order valence-corrected chi connectivity index (χ2v) is 5.68. The van der Waals surface area contributed by atoms with Crippen molar-refractivity contribution in [1.29, 1.82) is 0 Å². The van der Waals surface area contributed by atoms with Crippen LogP contribution in [0.1, 0.15) is 44.9 Å². The van der Waals surface area contributed by atoms with Crippen molar-refractivity contribution in [3.8, 4) is 0 Å². The average molecular weight is 267 g/mol.